The molecule has 152 valence electrons. The SMILES string of the molecule is CCCCC(NC(=O)CCCNC(=O)c1c(C)nc2c(C)cccn12)C(=O)O. The molecule has 0 aliphatic rings. The van der Waals surface area contributed by atoms with Gasteiger partial charge in [-0.3, -0.25) is 14.0 Å². The Morgan fingerprint density at radius 1 is 1.25 bits per heavy atom. The van der Waals surface area contributed by atoms with Crippen LogP contribution in [0.3, 0.4) is 0 Å². The highest BCUT2D eigenvalue weighted by atomic mass is 16.4. The van der Waals surface area contributed by atoms with Gasteiger partial charge in [-0.25, -0.2) is 9.78 Å². The van der Waals surface area contributed by atoms with Crippen LogP contribution in [0.5, 0.6) is 0 Å². The summed E-state index contributed by atoms with van der Waals surface area (Å²) in [6.45, 7) is 6.01. The number of carboxylic acids is 1. The molecule has 28 heavy (non-hydrogen) atoms. The van der Waals surface area contributed by atoms with E-state index in [2.05, 4.69) is 15.6 Å². The number of carboxylic acid groups (broad SMARTS) is 1. The molecule has 2 amide bonds. The maximum atomic E-state index is 12.5. The van der Waals surface area contributed by atoms with Crippen molar-refractivity contribution in [1.82, 2.24) is 20.0 Å². The molecule has 1 unspecified atom stereocenters. The summed E-state index contributed by atoms with van der Waals surface area (Å²) in [6.07, 6.45) is 4.40. The Bertz CT molecular complexity index is 859. The molecule has 0 aromatic carbocycles. The van der Waals surface area contributed by atoms with Gasteiger partial charge in [-0.1, -0.05) is 25.8 Å². The lowest BCUT2D eigenvalue weighted by Gasteiger charge is -2.14. The van der Waals surface area contributed by atoms with Crippen LogP contribution in [0.4, 0.5) is 0 Å². The number of aromatic nitrogens is 2. The number of carbonyl (C=O) groups excluding carboxylic acids is 2. The number of hydrogen-bond acceptors (Lipinski definition) is 4. The first-order chi connectivity index (χ1) is 13.3. The molecule has 2 aromatic heterocycles. The first-order valence-corrected chi connectivity index (χ1v) is 9.59. The molecule has 0 fully saturated rings. The standard InChI is InChI=1S/C20H28N4O4/c1-4-5-9-15(20(27)28)23-16(25)10-6-11-21-19(26)17-14(3)22-18-13(2)8-7-12-24(17)18/h7-8,12,15H,4-6,9-11H2,1-3H3,(H,21,26)(H,23,25)(H,27,28). The van der Waals surface area contributed by atoms with E-state index in [4.69, 9.17) is 5.11 Å². The summed E-state index contributed by atoms with van der Waals surface area (Å²) in [5, 5.41) is 14.5. The van der Waals surface area contributed by atoms with Crippen molar-refractivity contribution < 1.29 is 19.5 Å². The molecule has 3 N–H and O–H groups in total. The summed E-state index contributed by atoms with van der Waals surface area (Å²) >= 11 is 0. The van der Waals surface area contributed by atoms with Crippen molar-refractivity contribution in [1.29, 1.82) is 0 Å². The molecular formula is C20H28N4O4. The Labute approximate surface area is 164 Å². The summed E-state index contributed by atoms with van der Waals surface area (Å²) in [5.74, 6) is -1.59. The number of aliphatic carboxylic acids is 1. The van der Waals surface area contributed by atoms with Gasteiger partial charge in [0.1, 0.15) is 17.4 Å². The van der Waals surface area contributed by atoms with E-state index in [1.165, 1.54) is 0 Å². The third-order valence-corrected chi connectivity index (χ3v) is 4.58. The number of pyridine rings is 1. The van der Waals surface area contributed by atoms with Gasteiger partial charge in [-0.15, -0.1) is 0 Å². The lowest BCUT2D eigenvalue weighted by molar-refractivity contribution is -0.142. The smallest absolute Gasteiger partial charge is 0.326 e. The van der Waals surface area contributed by atoms with Crippen LogP contribution >= 0.6 is 0 Å². The number of aryl methyl sites for hydroxylation is 2. The van der Waals surface area contributed by atoms with Crippen LogP contribution in [-0.2, 0) is 9.59 Å². The normalized spacial score (nSPS) is 12.0. The van der Waals surface area contributed by atoms with E-state index >= 15 is 0 Å². The fourth-order valence-electron chi connectivity index (χ4n) is 3.06. The minimum atomic E-state index is -1.02. The highest BCUT2D eigenvalue weighted by molar-refractivity contribution is 5.94. The highest BCUT2D eigenvalue weighted by Crippen LogP contribution is 2.15. The Balaban J connectivity index is 1.84. The minimum absolute atomic E-state index is 0.154. The number of fused-ring (bicyclic) bond motifs is 1. The number of amides is 2. The Kier molecular flexibility index (Phi) is 7.54. The second-order valence-electron chi connectivity index (χ2n) is 6.89. The predicted molar refractivity (Wildman–Crippen MR) is 105 cm³/mol. The fourth-order valence-corrected chi connectivity index (χ4v) is 3.06. The van der Waals surface area contributed by atoms with E-state index in [1.807, 2.05) is 26.0 Å². The molecule has 2 aromatic rings. The van der Waals surface area contributed by atoms with Crippen molar-refractivity contribution in [3.8, 4) is 0 Å². The number of nitrogens with one attached hydrogen (secondary N) is 2. The average molecular weight is 388 g/mol. The van der Waals surface area contributed by atoms with Gasteiger partial charge in [0, 0.05) is 19.2 Å². The van der Waals surface area contributed by atoms with Gasteiger partial charge < -0.3 is 15.7 Å². The third-order valence-electron chi connectivity index (χ3n) is 4.58. The van der Waals surface area contributed by atoms with Gasteiger partial charge in [0.05, 0.1) is 5.69 Å². The topological polar surface area (TPSA) is 113 Å². The summed E-state index contributed by atoms with van der Waals surface area (Å²) in [6, 6.07) is 2.95. The van der Waals surface area contributed by atoms with Crippen LogP contribution < -0.4 is 10.6 Å². The van der Waals surface area contributed by atoms with Crippen molar-refractivity contribution >= 4 is 23.4 Å². The summed E-state index contributed by atoms with van der Waals surface area (Å²) < 4.78 is 1.76. The number of hydrogen-bond donors (Lipinski definition) is 3. The molecule has 0 spiro atoms. The third kappa shape index (κ3) is 5.31. The Morgan fingerprint density at radius 2 is 2.00 bits per heavy atom. The van der Waals surface area contributed by atoms with Crippen LogP contribution in [0.1, 0.15) is 60.8 Å². The van der Waals surface area contributed by atoms with Gasteiger partial charge in [-0.05, 0) is 38.3 Å². The maximum absolute atomic E-state index is 12.5. The van der Waals surface area contributed by atoms with E-state index in [1.54, 1.807) is 17.5 Å². The van der Waals surface area contributed by atoms with Crippen LogP contribution in [0.2, 0.25) is 0 Å². The quantitative estimate of drug-likeness (QED) is 0.540. The zero-order valence-corrected chi connectivity index (χ0v) is 16.6. The van der Waals surface area contributed by atoms with E-state index in [0.29, 0.717) is 30.8 Å². The van der Waals surface area contributed by atoms with Crippen LogP contribution in [0, 0.1) is 13.8 Å². The van der Waals surface area contributed by atoms with Crippen molar-refractivity contribution in [2.45, 2.75) is 58.9 Å². The first-order valence-electron chi connectivity index (χ1n) is 9.59. The molecule has 8 heteroatoms. The number of nitrogens with zero attached hydrogens (tertiary/aromatic N) is 2. The lowest BCUT2D eigenvalue weighted by Crippen LogP contribution is -2.40. The summed E-state index contributed by atoms with van der Waals surface area (Å²) in [7, 11) is 0. The average Bonchev–Trinajstić information content (AvgIpc) is 2.99. The Hall–Kier alpha value is -2.90. The van der Waals surface area contributed by atoms with Gasteiger partial charge in [0.2, 0.25) is 5.91 Å². The maximum Gasteiger partial charge on any atom is 0.326 e. The molecule has 2 rings (SSSR count). The molecule has 8 nitrogen and oxygen atoms in total. The highest BCUT2D eigenvalue weighted by Gasteiger charge is 2.19. The number of imidazole rings is 1. The zero-order valence-electron chi connectivity index (χ0n) is 16.6. The second kappa shape index (κ2) is 9.87. The van der Waals surface area contributed by atoms with E-state index in [-0.39, 0.29) is 18.2 Å². The van der Waals surface area contributed by atoms with Crippen molar-refractivity contribution in [3.63, 3.8) is 0 Å². The van der Waals surface area contributed by atoms with Gasteiger partial charge in [-0.2, -0.15) is 0 Å². The largest absolute Gasteiger partial charge is 0.480 e. The van der Waals surface area contributed by atoms with E-state index in [9.17, 15) is 14.4 Å². The molecule has 0 aliphatic heterocycles. The molecule has 0 saturated heterocycles. The van der Waals surface area contributed by atoms with Crippen LogP contribution in [0.25, 0.3) is 5.65 Å². The molecule has 2 heterocycles. The lowest BCUT2D eigenvalue weighted by atomic mass is 10.1. The number of rotatable bonds is 10. The minimum Gasteiger partial charge on any atom is -0.480 e. The molecule has 0 saturated carbocycles. The molecule has 0 bridgehead atoms. The molecule has 1 atom stereocenters. The van der Waals surface area contributed by atoms with E-state index in [0.717, 1.165) is 24.1 Å². The molecule has 0 aliphatic carbocycles. The monoisotopic (exact) mass is 388 g/mol. The Morgan fingerprint density at radius 3 is 2.68 bits per heavy atom. The van der Waals surface area contributed by atoms with Gasteiger partial charge >= 0.3 is 5.97 Å². The van der Waals surface area contributed by atoms with Crippen LogP contribution in [0.15, 0.2) is 18.3 Å². The van der Waals surface area contributed by atoms with Gasteiger partial charge in [0.25, 0.3) is 5.91 Å². The zero-order chi connectivity index (χ0) is 20.7. The van der Waals surface area contributed by atoms with Crippen molar-refractivity contribution in [3.05, 3.63) is 35.3 Å². The molecule has 0 radical (unpaired) electrons. The number of unbranched alkanes of at least 4 members (excludes halogenated alkanes) is 1. The molecular weight excluding hydrogens is 360 g/mol. The van der Waals surface area contributed by atoms with Crippen molar-refractivity contribution in [2.24, 2.45) is 0 Å². The fraction of sp³-hybridized carbons (Fsp3) is 0.500. The second-order valence-corrected chi connectivity index (χ2v) is 6.89. The summed E-state index contributed by atoms with van der Waals surface area (Å²) in [4.78, 5) is 40.1. The summed E-state index contributed by atoms with van der Waals surface area (Å²) in [5.41, 5.74) is 2.85. The first kappa shape index (κ1) is 21.4. The predicted octanol–water partition coefficient (Wildman–Crippen LogP) is 2.22. The van der Waals surface area contributed by atoms with Crippen molar-refractivity contribution in [2.75, 3.05) is 6.54 Å². The van der Waals surface area contributed by atoms with Crippen LogP contribution in [-0.4, -0.2) is 44.9 Å². The van der Waals surface area contributed by atoms with E-state index < -0.39 is 12.0 Å². The van der Waals surface area contributed by atoms with Gasteiger partial charge in [0.15, 0.2) is 0 Å². The number of carbonyl (C=O) groups is 3.